The standard InChI is InChI=1S/C18H25N5O3S/c1-14-11-17(21-20-14)18(24)23(13-15-3-2-4-16(19)12-15)6-5-22-7-9-27(25,26)10-8-22/h2-4,11-12H,5-10,13,19H2,1H3,(H,20,21). The molecule has 2 aromatic rings. The van der Waals surface area contributed by atoms with E-state index in [9.17, 15) is 13.2 Å². The lowest BCUT2D eigenvalue weighted by Crippen LogP contribution is -2.45. The Morgan fingerprint density at radius 2 is 2.04 bits per heavy atom. The summed E-state index contributed by atoms with van der Waals surface area (Å²) >= 11 is 0. The number of nitrogens with zero attached hydrogens (tertiary/aromatic N) is 3. The maximum absolute atomic E-state index is 12.9. The summed E-state index contributed by atoms with van der Waals surface area (Å²) in [6, 6.07) is 9.17. The highest BCUT2D eigenvalue weighted by Crippen LogP contribution is 2.13. The highest BCUT2D eigenvalue weighted by Gasteiger charge is 2.24. The molecule has 9 heteroatoms. The average Bonchev–Trinajstić information content (AvgIpc) is 3.05. The van der Waals surface area contributed by atoms with E-state index in [0.717, 1.165) is 11.3 Å². The van der Waals surface area contributed by atoms with Crippen LogP contribution in [0.15, 0.2) is 30.3 Å². The molecule has 0 unspecified atom stereocenters. The van der Waals surface area contributed by atoms with Crippen molar-refractivity contribution in [1.29, 1.82) is 0 Å². The highest BCUT2D eigenvalue weighted by molar-refractivity contribution is 7.91. The lowest BCUT2D eigenvalue weighted by molar-refractivity contribution is 0.0717. The van der Waals surface area contributed by atoms with E-state index in [1.165, 1.54) is 0 Å². The summed E-state index contributed by atoms with van der Waals surface area (Å²) < 4.78 is 23.2. The van der Waals surface area contributed by atoms with Gasteiger partial charge in [0.15, 0.2) is 9.84 Å². The number of carbonyl (C=O) groups is 1. The monoisotopic (exact) mass is 391 g/mol. The van der Waals surface area contributed by atoms with Crippen molar-refractivity contribution < 1.29 is 13.2 Å². The van der Waals surface area contributed by atoms with Gasteiger partial charge in [0.1, 0.15) is 5.69 Å². The molecule has 1 aliphatic heterocycles. The molecule has 1 amide bonds. The number of nitrogen functional groups attached to an aromatic ring is 1. The van der Waals surface area contributed by atoms with E-state index in [-0.39, 0.29) is 17.4 Å². The van der Waals surface area contributed by atoms with Crippen LogP contribution in [0.25, 0.3) is 0 Å². The van der Waals surface area contributed by atoms with Gasteiger partial charge in [0.25, 0.3) is 5.91 Å². The van der Waals surface area contributed by atoms with Gasteiger partial charge in [-0.1, -0.05) is 12.1 Å². The van der Waals surface area contributed by atoms with E-state index in [2.05, 4.69) is 15.1 Å². The largest absolute Gasteiger partial charge is 0.399 e. The van der Waals surface area contributed by atoms with Crippen molar-refractivity contribution in [1.82, 2.24) is 20.0 Å². The fourth-order valence-electron chi connectivity index (χ4n) is 3.09. The van der Waals surface area contributed by atoms with Crippen LogP contribution < -0.4 is 5.73 Å². The number of rotatable bonds is 6. The van der Waals surface area contributed by atoms with E-state index >= 15 is 0 Å². The Kier molecular flexibility index (Phi) is 5.81. The number of sulfone groups is 1. The molecule has 1 aromatic carbocycles. The molecule has 27 heavy (non-hydrogen) atoms. The molecule has 0 atom stereocenters. The highest BCUT2D eigenvalue weighted by atomic mass is 32.2. The number of aromatic amines is 1. The van der Waals surface area contributed by atoms with Crippen molar-refractivity contribution in [2.45, 2.75) is 13.5 Å². The molecule has 1 aromatic heterocycles. The Labute approximate surface area is 159 Å². The molecule has 1 saturated heterocycles. The third-order valence-corrected chi connectivity index (χ3v) is 6.27. The van der Waals surface area contributed by atoms with Crippen LogP contribution in [0, 0.1) is 6.92 Å². The number of anilines is 1. The predicted octanol–water partition coefficient (Wildman–Crippen LogP) is 0.673. The van der Waals surface area contributed by atoms with Gasteiger partial charge in [-0.3, -0.25) is 14.8 Å². The summed E-state index contributed by atoms with van der Waals surface area (Å²) in [5.74, 6) is 0.190. The van der Waals surface area contributed by atoms with Gasteiger partial charge in [-0.25, -0.2) is 8.42 Å². The van der Waals surface area contributed by atoms with Gasteiger partial charge in [-0.05, 0) is 30.7 Å². The molecule has 1 aliphatic rings. The minimum Gasteiger partial charge on any atom is -0.399 e. The normalized spacial score (nSPS) is 16.9. The second-order valence-electron chi connectivity index (χ2n) is 6.90. The number of H-pyrrole nitrogens is 1. The Morgan fingerprint density at radius 3 is 2.67 bits per heavy atom. The van der Waals surface area contributed by atoms with E-state index in [0.29, 0.717) is 44.1 Å². The molecule has 0 aliphatic carbocycles. The first-order valence-corrected chi connectivity index (χ1v) is 10.7. The fraction of sp³-hybridized carbons (Fsp3) is 0.444. The van der Waals surface area contributed by atoms with Gasteiger partial charge in [-0.2, -0.15) is 5.10 Å². The molecule has 0 saturated carbocycles. The number of aryl methyl sites for hydroxylation is 1. The lowest BCUT2D eigenvalue weighted by Gasteiger charge is -2.30. The average molecular weight is 391 g/mol. The number of carbonyl (C=O) groups excluding carboxylic acids is 1. The molecule has 0 radical (unpaired) electrons. The summed E-state index contributed by atoms with van der Waals surface area (Å²) in [5.41, 5.74) is 8.64. The molecule has 8 nitrogen and oxygen atoms in total. The van der Waals surface area contributed by atoms with Crippen LogP contribution in [0.5, 0.6) is 0 Å². The summed E-state index contributed by atoms with van der Waals surface area (Å²) in [5, 5.41) is 6.87. The first-order chi connectivity index (χ1) is 12.8. The Balaban J connectivity index is 1.70. The topological polar surface area (TPSA) is 112 Å². The molecule has 0 spiro atoms. The first-order valence-electron chi connectivity index (χ1n) is 8.91. The van der Waals surface area contributed by atoms with Crippen LogP contribution in [-0.2, 0) is 16.4 Å². The molecule has 3 N–H and O–H groups in total. The molecular formula is C18H25N5O3S. The lowest BCUT2D eigenvalue weighted by atomic mass is 10.2. The van der Waals surface area contributed by atoms with Crippen LogP contribution in [0.4, 0.5) is 5.69 Å². The second-order valence-corrected chi connectivity index (χ2v) is 9.21. The van der Waals surface area contributed by atoms with Crippen molar-refractivity contribution in [2.75, 3.05) is 43.4 Å². The zero-order valence-corrected chi connectivity index (χ0v) is 16.2. The number of hydrogen-bond acceptors (Lipinski definition) is 6. The number of benzene rings is 1. The Hall–Kier alpha value is -2.39. The minimum atomic E-state index is -2.91. The summed E-state index contributed by atoms with van der Waals surface area (Å²) in [6.07, 6.45) is 0. The number of nitrogens with one attached hydrogen (secondary N) is 1. The third kappa shape index (κ3) is 5.30. The van der Waals surface area contributed by atoms with Crippen molar-refractivity contribution in [3.8, 4) is 0 Å². The fourth-order valence-corrected chi connectivity index (χ4v) is 4.37. The van der Waals surface area contributed by atoms with Crippen LogP contribution in [0.1, 0.15) is 21.7 Å². The molecule has 1 fully saturated rings. The molecule has 0 bridgehead atoms. The smallest absolute Gasteiger partial charge is 0.274 e. The van der Waals surface area contributed by atoms with E-state index < -0.39 is 9.84 Å². The number of hydrogen-bond donors (Lipinski definition) is 2. The van der Waals surface area contributed by atoms with Crippen LogP contribution >= 0.6 is 0 Å². The van der Waals surface area contributed by atoms with Crippen molar-refractivity contribution in [3.63, 3.8) is 0 Å². The summed E-state index contributed by atoms with van der Waals surface area (Å²) in [7, 11) is -2.91. The molecule has 2 heterocycles. The van der Waals surface area contributed by atoms with E-state index in [4.69, 9.17) is 5.73 Å². The van der Waals surface area contributed by atoms with Gasteiger partial charge < -0.3 is 10.6 Å². The summed E-state index contributed by atoms with van der Waals surface area (Å²) in [4.78, 5) is 16.7. The maximum atomic E-state index is 12.9. The zero-order chi connectivity index (χ0) is 19.4. The zero-order valence-electron chi connectivity index (χ0n) is 15.4. The van der Waals surface area contributed by atoms with Gasteiger partial charge in [-0.15, -0.1) is 0 Å². The Morgan fingerprint density at radius 1 is 1.30 bits per heavy atom. The van der Waals surface area contributed by atoms with Crippen LogP contribution in [0.3, 0.4) is 0 Å². The van der Waals surface area contributed by atoms with Crippen molar-refractivity contribution in [3.05, 3.63) is 47.3 Å². The second kappa shape index (κ2) is 8.10. The van der Waals surface area contributed by atoms with Gasteiger partial charge in [0, 0.05) is 44.1 Å². The van der Waals surface area contributed by atoms with Crippen LogP contribution in [0.2, 0.25) is 0 Å². The number of amides is 1. The van der Waals surface area contributed by atoms with Gasteiger partial charge >= 0.3 is 0 Å². The molecular weight excluding hydrogens is 366 g/mol. The van der Waals surface area contributed by atoms with E-state index in [1.807, 2.05) is 25.1 Å². The quantitative estimate of drug-likeness (QED) is 0.700. The molecule has 146 valence electrons. The third-order valence-electron chi connectivity index (χ3n) is 4.66. The molecule has 3 rings (SSSR count). The maximum Gasteiger partial charge on any atom is 0.274 e. The van der Waals surface area contributed by atoms with Gasteiger partial charge in [0.05, 0.1) is 11.5 Å². The van der Waals surface area contributed by atoms with Crippen molar-refractivity contribution >= 4 is 21.4 Å². The Bertz CT molecular complexity index is 895. The SMILES string of the molecule is Cc1cc(C(=O)N(CCN2CCS(=O)(=O)CC2)Cc2cccc(N)c2)n[nH]1. The van der Waals surface area contributed by atoms with Crippen LogP contribution in [-0.4, -0.2) is 72.0 Å². The minimum absolute atomic E-state index is 0.161. The number of aromatic nitrogens is 2. The van der Waals surface area contributed by atoms with E-state index in [1.54, 1.807) is 17.0 Å². The summed E-state index contributed by atoms with van der Waals surface area (Å²) in [6.45, 7) is 4.38. The predicted molar refractivity (Wildman–Crippen MR) is 104 cm³/mol. The first kappa shape index (κ1) is 19.4. The van der Waals surface area contributed by atoms with Crippen molar-refractivity contribution in [2.24, 2.45) is 0 Å². The number of nitrogens with two attached hydrogens (primary N) is 1. The van der Waals surface area contributed by atoms with Gasteiger partial charge in [0.2, 0.25) is 0 Å².